The molecular formula is C23H41NO8. The molecule has 0 aliphatic heterocycles. The van der Waals surface area contributed by atoms with Crippen LogP contribution in [0.3, 0.4) is 0 Å². The first-order chi connectivity index (χ1) is 15.9. The van der Waals surface area contributed by atoms with Gasteiger partial charge in [-0.15, -0.1) is 0 Å². The molecule has 0 amide bonds. The minimum absolute atomic E-state index is 0.405. The molecule has 0 unspecified atom stereocenters. The van der Waals surface area contributed by atoms with Gasteiger partial charge in [-0.05, 0) is 12.8 Å². The maximum Gasteiger partial charge on any atom is 0.216 e. The Kier molecular flexibility index (Phi) is 20.2. The van der Waals surface area contributed by atoms with E-state index in [1.165, 1.54) is 0 Å². The lowest BCUT2D eigenvalue weighted by molar-refractivity contribution is 0.00855. The molecule has 0 aliphatic carbocycles. The van der Waals surface area contributed by atoms with E-state index in [0.717, 1.165) is 26.1 Å². The topological polar surface area (TPSA) is 86.7 Å². The summed E-state index contributed by atoms with van der Waals surface area (Å²) >= 11 is 0. The smallest absolute Gasteiger partial charge is 0.216 e. The van der Waals surface area contributed by atoms with E-state index >= 15 is 0 Å². The predicted molar refractivity (Wildman–Crippen MR) is 121 cm³/mol. The van der Waals surface area contributed by atoms with Crippen LogP contribution in [0, 0.1) is 0 Å². The zero-order valence-corrected chi connectivity index (χ0v) is 19.8. The van der Waals surface area contributed by atoms with Crippen LogP contribution in [0.5, 0.6) is 11.8 Å². The molecule has 1 rings (SSSR count). The SMILES string of the molecule is CCCOCCOCCOCCOc1cccc(OCCOCCOCCOCCC)n1. The molecule has 9 nitrogen and oxygen atoms in total. The second-order valence-corrected chi connectivity index (χ2v) is 6.69. The second-order valence-electron chi connectivity index (χ2n) is 6.69. The van der Waals surface area contributed by atoms with Crippen molar-refractivity contribution in [2.45, 2.75) is 26.7 Å². The van der Waals surface area contributed by atoms with Gasteiger partial charge in [-0.25, -0.2) is 0 Å². The number of hydrogen-bond acceptors (Lipinski definition) is 9. The number of ether oxygens (including phenoxy) is 8. The van der Waals surface area contributed by atoms with E-state index in [2.05, 4.69) is 18.8 Å². The van der Waals surface area contributed by atoms with Crippen LogP contribution in [-0.2, 0) is 28.4 Å². The van der Waals surface area contributed by atoms with Crippen molar-refractivity contribution >= 4 is 0 Å². The van der Waals surface area contributed by atoms with E-state index in [9.17, 15) is 0 Å². The number of hydrogen-bond donors (Lipinski definition) is 0. The van der Waals surface area contributed by atoms with Crippen molar-refractivity contribution in [3.05, 3.63) is 18.2 Å². The van der Waals surface area contributed by atoms with Gasteiger partial charge in [-0.1, -0.05) is 19.9 Å². The van der Waals surface area contributed by atoms with Gasteiger partial charge in [-0.2, -0.15) is 4.98 Å². The third-order valence-corrected chi connectivity index (χ3v) is 3.84. The molecule has 1 heterocycles. The maximum absolute atomic E-state index is 5.59. The average Bonchev–Trinajstić information content (AvgIpc) is 2.81. The molecule has 0 spiro atoms. The van der Waals surface area contributed by atoms with E-state index in [-0.39, 0.29) is 0 Å². The van der Waals surface area contributed by atoms with Gasteiger partial charge in [0.1, 0.15) is 13.2 Å². The first-order valence-electron chi connectivity index (χ1n) is 11.6. The minimum Gasteiger partial charge on any atom is -0.475 e. The summed E-state index contributed by atoms with van der Waals surface area (Å²) in [6.07, 6.45) is 2.04. The van der Waals surface area contributed by atoms with Gasteiger partial charge in [0.25, 0.3) is 0 Å². The second kappa shape index (κ2) is 22.7. The van der Waals surface area contributed by atoms with Crippen molar-refractivity contribution in [3.8, 4) is 11.8 Å². The fourth-order valence-electron chi connectivity index (χ4n) is 2.34. The van der Waals surface area contributed by atoms with Crippen molar-refractivity contribution < 1.29 is 37.9 Å². The van der Waals surface area contributed by atoms with Gasteiger partial charge < -0.3 is 37.9 Å². The minimum atomic E-state index is 0.405. The number of aromatic nitrogens is 1. The van der Waals surface area contributed by atoms with E-state index in [4.69, 9.17) is 37.9 Å². The van der Waals surface area contributed by atoms with E-state index in [0.29, 0.717) is 91.0 Å². The van der Waals surface area contributed by atoms with Gasteiger partial charge in [0, 0.05) is 25.3 Å². The molecule has 0 atom stereocenters. The van der Waals surface area contributed by atoms with Gasteiger partial charge in [0.2, 0.25) is 11.8 Å². The summed E-state index contributed by atoms with van der Waals surface area (Å²) in [5, 5.41) is 0. The molecule has 1 aromatic rings. The van der Waals surface area contributed by atoms with E-state index in [1.807, 2.05) is 6.07 Å². The van der Waals surface area contributed by atoms with Crippen molar-refractivity contribution in [1.82, 2.24) is 4.98 Å². The number of rotatable bonds is 24. The summed E-state index contributed by atoms with van der Waals surface area (Å²) in [6, 6.07) is 5.40. The van der Waals surface area contributed by atoms with Gasteiger partial charge in [0.05, 0.1) is 66.1 Å². The van der Waals surface area contributed by atoms with Gasteiger partial charge in [0.15, 0.2) is 0 Å². The summed E-state index contributed by atoms with van der Waals surface area (Å²) in [6.45, 7) is 12.0. The summed E-state index contributed by atoms with van der Waals surface area (Å²) < 4.78 is 43.6. The fourth-order valence-corrected chi connectivity index (χ4v) is 2.34. The maximum atomic E-state index is 5.59. The number of nitrogens with zero attached hydrogens (tertiary/aromatic N) is 1. The summed E-state index contributed by atoms with van der Waals surface area (Å²) in [5.74, 6) is 0.991. The highest BCUT2D eigenvalue weighted by atomic mass is 16.6. The lowest BCUT2D eigenvalue weighted by atomic mass is 10.5. The van der Waals surface area contributed by atoms with Crippen molar-refractivity contribution in [2.24, 2.45) is 0 Å². The number of pyridine rings is 1. The van der Waals surface area contributed by atoms with Crippen LogP contribution in [0.25, 0.3) is 0 Å². The molecule has 9 heteroatoms. The first kappa shape index (κ1) is 28.5. The largest absolute Gasteiger partial charge is 0.475 e. The van der Waals surface area contributed by atoms with Crippen molar-refractivity contribution in [3.63, 3.8) is 0 Å². The lowest BCUT2D eigenvalue weighted by Crippen LogP contribution is -2.14. The molecule has 0 aliphatic rings. The molecule has 0 aromatic carbocycles. The third-order valence-electron chi connectivity index (χ3n) is 3.84. The molecule has 0 fully saturated rings. The highest BCUT2D eigenvalue weighted by Gasteiger charge is 2.01. The molecule has 0 saturated heterocycles. The predicted octanol–water partition coefficient (Wildman–Crippen LogP) is 2.76. The van der Waals surface area contributed by atoms with Crippen LogP contribution in [0.15, 0.2) is 18.2 Å². The molecular weight excluding hydrogens is 418 g/mol. The molecule has 0 bridgehead atoms. The monoisotopic (exact) mass is 459 g/mol. The first-order valence-corrected chi connectivity index (χ1v) is 11.6. The Morgan fingerprint density at radius 2 is 0.781 bits per heavy atom. The normalized spacial score (nSPS) is 11.1. The zero-order valence-electron chi connectivity index (χ0n) is 19.8. The highest BCUT2D eigenvalue weighted by Crippen LogP contribution is 2.13. The Labute approximate surface area is 192 Å². The molecule has 0 N–H and O–H groups in total. The average molecular weight is 460 g/mol. The third kappa shape index (κ3) is 18.1. The van der Waals surface area contributed by atoms with E-state index in [1.54, 1.807) is 12.1 Å². The fraction of sp³-hybridized carbons (Fsp3) is 0.783. The molecule has 0 radical (unpaired) electrons. The van der Waals surface area contributed by atoms with Crippen LogP contribution in [-0.4, -0.2) is 97.5 Å². The van der Waals surface area contributed by atoms with Crippen LogP contribution in [0.1, 0.15) is 26.7 Å². The Balaban J connectivity index is 1.94. The Hall–Kier alpha value is -1.49. The van der Waals surface area contributed by atoms with Crippen LogP contribution >= 0.6 is 0 Å². The van der Waals surface area contributed by atoms with Crippen molar-refractivity contribution in [1.29, 1.82) is 0 Å². The van der Waals surface area contributed by atoms with Crippen molar-refractivity contribution in [2.75, 3.05) is 92.5 Å². The molecule has 186 valence electrons. The quantitative estimate of drug-likeness (QED) is 0.217. The van der Waals surface area contributed by atoms with Crippen LogP contribution < -0.4 is 9.47 Å². The summed E-state index contributed by atoms with van der Waals surface area (Å²) in [4.78, 5) is 4.31. The van der Waals surface area contributed by atoms with Crippen LogP contribution in [0.2, 0.25) is 0 Å². The lowest BCUT2D eigenvalue weighted by Gasteiger charge is -2.10. The highest BCUT2D eigenvalue weighted by molar-refractivity contribution is 5.19. The molecule has 0 saturated carbocycles. The molecule has 1 aromatic heterocycles. The summed E-state index contributed by atoms with van der Waals surface area (Å²) in [7, 11) is 0. The Morgan fingerprint density at radius 3 is 1.12 bits per heavy atom. The van der Waals surface area contributed by atoms with Crippen LogP contribution in [0.4, 0.5) is 0 Å². The molecule has 32 heavy (non-hydrogen) atoms. The standard InChI is InChI=1S/C23H41NO8/c1-3-8-25-10-12-27-14-16-29-18-20-31-22-6-5-7-23(24-22)32-21-19-30-17-15-28-13-11-26-9-4-2/h5-7H,3-4,8-21H2,1-2H3. The summed E-state index contributed by atoms with van der Waals surface area (Å²) in [5.41, 5.74) is 0. The Morgan fingerprint density at radius 1 is 0.469 bits per heavy atom. The Bertz CT molecular complexity index is 479. The van der Waals surface area contributed by atoms with Gasteiger partial charge >= 0.3 is 0 Å². The zero-order chi connectivity index (χ0) is 23.0. The van der Waals surface area contributed by atoms with Gasteiger partial charge in [-0.3, -0.25) is 0 Å². The van der Waals surface area contributed by atoms with E-state index < -0.39 is 0 Å².